The standard InChI is InChI=1S/C6H11B2O2/c1-3-5(2)6(9)10-4-8-7/h5H,3-4H2,1-2H3. The lowest BCUT2D eigenvalue weighted by Gasteiger charge is -2.07. The van der Waals surface area contributed by atoms with Crippen LogP contribution in [0.5, 0.6) is 0 Å². The Bertz CT molecular complexity index is 106. The molecule has 0 saturated carbocycles. The third-order valence-electron chi connectivity index (χ3n) is 1.34. The molecule has 10 heavy (non-hydrogen) atoms. The maximum absolute atomic E-state index is 10.8. The summed E-state index contributed by atoms with van der Waals surface area (Å²) in [6.45, 7) is 3.99. The van der Waals surface area contributed by atoms with Gasteiger partial charge in [-0.2, -0.15) is 0 Å². The summed E-state index contributed by atoms with van der Waals surface area (Å²) < 4.78 is 4.72. The van der Waals surface area contributed by atoms with E-state index in [-0.39, 0.29) is 18.4 Å². The molecule has 0 spiro atoms. The van der Waals surface area contributed by atoms with Crippen molar-refractivity contribution < 1.29 is 9.53 Å². The van der Waals surface area contributed by atoms with Gasteiger partial charge in [0.2, 0.25) is 0 Å². The summed E-state index contributed by atoms with van der Waals surface area (Å²) in [4.78, 5) is 10.8. The Balaban J connectivity index is 3.42. The van der Waals surface area contributed by atoms with Crippen LogP contribution in [0.25, 0.3) is 0 Å². The first kappa shape index (κ1) is 9.60. The van der Waals surface area contributed by atoms with Crippen LogP contribution >= 0.6 is 0 Å². The van der Waals surface area contributed by atoms with Gasteiger partial charge in [-0.05, 0) is 6.42 Å². The highest BCUT2D eigenvalue weighted by Crippen LogP contribution is 2.01. The second-order valence-corrected chi connectivity index (χ2v) is 2.18. The fraction of sp³-hybridized carbons (Fsp3) is 0.833. The van der Waals surface area contributed by atoms with Gasteiger partial charge in [-0.15, -0.1) is 0 Å². The van der Waals surface area contributed by atoms with Crippen molar-refractivity contribution in [1.29, 1.82) is 0 Å². The second-order valence-electron chi connectivity index (χ2n) is 2.18. The van der Waals surface area contributed by atoms with E-state index in [1.54, 1.807) is 0 Å². The van der Waals surface area contributed by atoms with Crippen LogP contribution < -0.4 is 0 Å². The largest absolute Gasteiger partial charge is 0.476 e. The summed E-state index contributed by atoms with van der Waals surface area (Å²) in [6, 6.07) is 0. The van der Waals surface area contributed by atoms with Gasteiger partial charge in [0.25, 0.3) is 0 Å². The van der Waals surface area contributed by atoms with Gasteiger partial charge in [0.05, 0.1) is 5.92 Å². The second kappa shape index (κ2) is 5.39. The molecule has 0 N–H and O–H groups in total. The lowest BCUT2D eigenvalue weighted by Crippen LogP contribution is -2.17. The summed E-state index contributed by atoms with van der Waals surface area (Å²) in [5.74, 6) is -0.191. The minimum absolute atomic E-state index is 0.0139. The SMILES string of the molecule is [B][B]COC(=O)C(C)CC. The van der Waals surface area contributed by atoms with Crippen molar-refractivity contribution in [3.63, 3.8) is 0 Å². The summed E-state index contributed by atoms with van der Waals surface area (Å²) in [6.07, 6.45) is 0.809. The lowest BCUT2D eigenvalue weighted by atomic mass is 9.57. The van der Waals surface area contributed by atoms with Gasteiger partial charge >= 0.3 is 5.97 Å². The number of rotatable bonds is 4. The van der Waals surface area contributed by atoms with E-state index in [1.807, 2.05) is 13.8 Å². The van der Waals surface area contributed by atoms with Crippen molar-refractivity contribution in [3.05, 3.63) is 0 Å². The fourth-order valence-electron chi connectivity index (χ4n) is 0.439. The molecule has 53 valence electrons. The molecule has 0 aliphatic carbocycles. The molecule has 0 bridgehead atoms. The van der Waals surface area contributed by atoms with Gasteiger partial charge in [-0.25, -0.2) is 0 Å². The Morgan fingerprint density at radius 3 is 2.80 bits per heavy atom. The van der Waals surface area contributed by atoms with Crippen LogP contribution in [0.1, 0.15) is 20.3 Å². The van der Waals surface area contributed by atoms with Crippen LogP contribution in [0.2, 0.25) is 0 Å². The predicted molar refractivity (Wildman–Crippen MR) is 41.9 cm³/mol. The quantitative estimate of drug-likeness (QED) is 0.411. The first-order chi connectivity index (χ1) is 4.72. The Morgan fingerprint density at radius 2 is 2.40 bits per heavy atom. The van der Waals surface area contributed by atoms with E-state index < -0.39 is 0 Å². The van der Waals surface area contributed by atoms with E-state index in [2.05, 4.69) is 0 Å². The first-order valence-corrected chi connectivity index (χ1v) is 3.42. The highest BCUT2D eigenvalue weighted by Gasteiger charge is 2.10. The molecule has 4 heteroatoms. The molecule has 0 aromatic rings. The number of hydrogen-bond donors (Lipinski definition) is 0. The maximum Gasteiger partial charge on any atom is 0.307 e. The van der Waals surface area contributed by atoms with Gasteiger partial charge < -0.3 is 4.74 Å². The monoisotopic (exact) mass is 137 g/mol. The van der Waals surface area contributed by atoms with E-state index >= 15 is 0 Å². The smallest absolute Gasteiger partial charge is 0.307 e. The van der Waals surface area contributed by atoms with E-state index in [0.29, 0.717) is 0 Å². The fourth-order valence-corrected chi connectivity index (χ4v) is 0.439. The molecule has 0 fully saturated rings. The highest BCUT2D eigenvalue weighted by atomic mass is 16.5. The minimum Gasteiger partial charge on any atom is -0.476 e. The molecule has 0 aliphatic rings. The summed E-state index contributed by atoms with van der Waals surface area (Å²) in [7, 11) is 6.34. The predicted octanol–water partition coefficient (Wildman–Crippen LogP) is 0.321. The molecular weight excluding hydrogens is 126 g/mol. The van der Waals surface area contributed by atoms with Gasteiger partial charge in [0, 0.05) is 14.2 Å². The number of hydrogen-bond acceptors (Lipinski definition) is 2. The zero-order chi connectivity index (χ0) is 7.98. The third-order valence-corrected chi connectivity index (χ3v) is 1.34. The van der Waals surface area contributed by atoms with Crippen molar-refractivity contribution in [1.82, 2.24) is 0 Å². The average Bonchev–Trinajstić information content (AvgIpc) is 1.98. The maximum atomic E-state index is 10.8. The normalized spacial score (nSPS) is 12.2. The van der Waals surface area contributed by atoms with Gasteiger partial charge in [-0.3, -0.25) is 4.79 Å². The van der Waals surface area contributed by atoms with E-state index in [4.69, 9.17) is 12.5 Å². The molecular formula is C6H11B2O2. The number of ether oxygens (including phenoxy) is 1. The molecule has 3 radical (unpaired) electrons. The van der Waals surface area contributed by atoms with Gasteiger partial charge in [0.15, 0.2) is 0 Å². The minimum atomic E-state index is -0.177. The van der Waals surface area contributed by atoms with Crippen molar-refractivity contribution in [3.8, 4) is 0 Å². The summed E-state index contributed by atoms with van der Waals surface area (Å²) >= 11 is 0. The van der Waals surface area contributed by atoms with Crippen molar-refractivity contribution in [2.24, 2.45) is 5.92 Å². The van der Waals surface area contributed by atoms with E-state index in [1.165, 1.54) is 7.17 Å². The molecule has 0 amide bonds. The molecule has 1 atom stereocenters. The highest BCUT2D eigenvalue weighted by molar-refractivity contribution is 6.89. The average molecular weight is 137 g/mol. The summed E-state index contributed by atoms with van der Waals surface area (Å²) in [5, 5.41) is 0. The Labute approximate surface area is 64.0 Å². The van der Waals surface area contributed by atoms with E-state index in [0.717, 1.165) is 6.42 Å². The number of carbonyl (C=O) groups is 1. The molecule has 0 aromatic carbocycles. The Hall–Kier alpha value is -0.400. The molecule has 0 aliphatic heterocycles. The van der Waals surface area contributed by atoms with Crippen molar-refractivity contribution in [2.45, 2.75) is 20.3 Å². The third kappa shape index (κ3) is 3.59. The molecule has 0 aromatic heterocycles. The van der Waals surface area contributed by atoms with Gasteiger partial charge in [0.1, 0.15) is 7.17 Å². The Morgan fingerprint density at radius 1 is 1.80 bits per heavy atom. The lowest BCUT2D eigenvalue weighted by molar-refractivity contribution is -0.145. The van der Waals surface area contributed by atoms with Crippen LogP contribution in [0, 0.1) is 5.92 Å². The first-order valence-electron chi connectivity index (χ1n) is 3.42. The molecule has 0 heterocycles. The molecule has 1 unspecified atom stereocenters. The number of carbonyl (C=O) groups excluding carboxylic acids is 1. The van der Waals surface area contributed by atoms with Gasteiger partial charge in [-0.1, -0.05) is 13.8 Å². The van der Waals surface area contributed by atoms with Crippen LogP contribution in [0.15, 0.2) is 0 Å². The van der Waals surface area contributed by atoms with E-state index in [9.17, 15) is 4.79 Å². The molecule has 0 rings (SSSR count). The van der Waals surface area contributed by atoms with Crippen molar-refractivity contribution >= 4 is 20.9 Å². The van der Waals surface area contributed by atoms with Crippen LogP contribution in [0.4, 0.5) is 0 Å². The van der Waals surface area contributed by atoms with Crippen LogP contribution in [0.3, 0.4) is 0 Å². The zero-order valence-electron chi connectivity index (χ0n) is 6.46. The Kier molecular flexibility index (Phi) is 5.17. The van der Waals surface area contributed by atoms with Crippen molar-refractivity contribution in [2.75, 3.05) is 6.51 Å². The molecule has 2 nitrogen and oxygen atoms in total. The van der Waals surface area contributed by atoms with Crippen LogP contribution in [-0.2, 0) is 9.53 Å². The number of esters is 1. The molecule has 0 saturated heterocycles. The summed E-state index contributed by atoms with van der Waals surface area (Å²) in [5.41, 5.74) is 0. The van der Waals surface area contributed by atoms with Crippen LogP contribution in [-0.4, -0.2) is 27.4 Å². The zero-order valence-corrected chi connectivity index (χ0v) is 6.46. The topological polar surface area (TPSA) is 26.3 Å².